The van der Waals surface area contributed by atoms with E-state index in [0.29, 0.717) is 32.3 Å². The molecule has 14 heavy (non-hydrogen) atoms. The van der Waals surface area contributed by atoms with Crippen LogP contribution in [-0.2, 0) is 19.0 Å². The van der Waals surface area contributed by atoms with Gasteiger partial charge < -0.3 is 14.2 Å². The topological polar surface area (TPSA) is 44.8 Å². The van der Waals surface area contributed by atoms with E-state index in [-0.39, 0.29) is 12.6 Å². The molecule has 0 aliphatic carbocycles. The van der Waals surface area contributed by atoms with E-state index in [4.69, 9.17) is 14.2 Å². The van der Waals surface area contributed by atoms with Crippen LogP contribution in [0.4, 0.5) is 0 Å². The van der Waals surface area contributed by atoms with Gasteiger partial charge in [-0.25, -0.2) is 4.79 Å². The van der Waals surface area contributed by atoms with Crippen LogP contribution in [0, 0.1) is 5.92 Å². The van der Waals surface area contributed by atoms with Gasteiger partial charge in [-0.1, -0.05) is 13.8 Å². The molecule has 0 saturated heterocycles. The lowest BCUT2D eigenvalue weighted by atomic mass is 10.2. The summed E-state index contributed by atoms with van der Waals surface area (Å²) in [6, 6.07) is 0. The van der Waals surface area contributed by atoms with Crippen LogP contribution in [0.1, 0.15) is 20.8 Å². The predicted molar refractivity (Wildman–Crippen MR) is 53.1 cm³/mol. The van der Waals surface area contributed by atoms with Gasteiger partial charge in [0.2, 0.25) is 0 Å². The van der Waals surface area contributed by atoms with Crippen LogP contribution < -0.4 is 0 Å². The number of esters is 1. The monoisotopic (exact) mass is 204 g/mol. The fourth-order valence-electron chi connectivity index (χ4n) is 0.719. The van der Waals surface area contributed by atoms with Gasteiger partial charge in [-0.3, -0.25) is 0 Å². The molecule has 0 rings (SSSR count). The Bertz CT molecular complexity index is 145. The van der Waals surface area contributed by atoms with Gasteiger partial charge in [0.15, 0.2) is 0 Å². The summed E-state index contributed by atoms with van der Waals surface area (Å²) in [6.07, 6.45) is 0. The highest BCUT2D eigenvalue weighted by Crippen LogP contribution is 1.93. The van der Waals surface area contributed by atoms with Crippen molar-refractivity contribution in [2.24, 2.45) is 5.92 Å². The van der Waals surface area contributed by atoms with E-state index in [9.17, 15) is 4.79 Å². The fourth-order valence-corrected chi connectivity index (χ4v) is 0.719. The van der Waals surface area contributed by atoms with Gasteiger partial charge in [-0.05, 0) is 12.8 Å². The molecule has 0 bridgehead atoms. The lowest BCUT2D eigenvalue weighted by molar-refractivity contribution is -0.150. The summed E-state index contributed by atoms with van der Waals surface area (Å²) in [6.45, 7) is 7.98. The molecular formula is C10H20O4. The SMILES string of the molecule is CCOCCOCC(=O)OCC(C)C. The maximum atomic E-state index is 11.0. The molecule has 0 unspecified atom stereocenters. The third-order valence-electron chi connectivity index (χ3n) is 1.37. The summed E-state index contributed by atoms with van der Waals surface area (Å²) in [4.78, 5) is 11.0. The fraction of sp³-hybridized carbons (Fsp3) is 0.900. The molecule has 0 N–H and O–H groups in total. The molecule has 84 valence electrons. The van der Waals surface area contributed by atoms with Crippen molar-refractivity contribution < 1.29 is 19.0 Å². The number of hydrogen-bond donors (Lipinski definition) is 0. The second-order valence-electron chi connectivity index (χ2n) is 3.33. The second-order valence-corrected chi connectivity index (χ2v) is 3.33. The molecule has 0 saturated carbocycles. The largest absolute Gasteiger partial charge is 0.464 e. The molecule has 0 spiro atoms. The van der Waals surface area contributed by atoms with E-state index in [1.165, 1.54) is 0 Å². The normalized spacial score (nSPS) is 10.6. The third-order valence-corrected chi connectivity index (χ3v) is 1.37. The molecule has 0 amide bonds. The van der Waals surface area contributed by atoms with E-state index in [2.05, 4.69) is 0 Å². The van der Waals surface area contributed by atoms with Crippen molar-refractivity contribution in [2.75, 3.05) is 33.0 Å². The first kappa shape index (κ1) is 13.4. The summed E-state index contributed by atoms with van der Waals surface area (Å²) in [5, 5.41) is 0. The van der Waals surface area contributed by atoms with Crippen molar-refractivity contribution in [3.05, 3.63) is 0 Å². The Morgan fingerprint density at radius 3 is 2.43 bits per heavy atom. The van der Waals surface area contributed by atoms with Crippen molar-refractivity contribution in [2.45, 2.75) is 20.8 Å². The van der Waals surface area contributed by atoms with E-state index in [0.717, 1.165) is 0 Å². The van der Waals surface area contributed by atoms with Crippen LogP contribution in [0.25, 0.3) is 0 Å². The molecule has 4 nitrogen and oxygen atoms in total. The Balaban J connectivity index is 3.18. The lowest BCUT2D eigenvalue weighted by Gasteiger charge is -2.07. The van der Waals surface area contributed by atoms with Crippen LogP contribution in [0.2, 0.25) is 0 Å². The highest BCUT2D eigenvalue weighted by Gasteiger charge is 2.03. The molecule has 0 aromatic heterocycles. The zero-order valence-electron chi connectivity index (χ0n) is 9.25. The van der Waals surface area contributed by atoms with Gasteiger partial charge in [0.1, 0.15) is 6.61 Å². The molecule has 0 aromatic rings. The zero-order valence-corrected chi connectivity index (χ0v) is 9.25. The molecule has 0 atom stereocenters. The van der Waals surface area contributed by atoms with Gasteiger partial charge in [-0.2, -0.15) is 0 Å². The molecular weight excluding hydrogens is 184 g/mol. The van der Waals surface area contributed by atoms with Crippen LogP contribution in [0.3, 0.4) is 0 Å². The van der Waals surface area contributed by atoms with E-state index in [1.54, 1.807) is 0 Å². The van der Waals surface area contributed by atoms with Crippen molar-refractivity contribution in [3.8, 4) is 0 Å². The highest BCUT2D eigenvalue weighted by molar-refractivity contribution is 5.70. The Labute approximate surface area is 85.5 Å². The minimum Gasteiger partial charge on any atom is -0.464 e. The number of ether oxygens (including phenoxy) is 3. The van der Waals surface area contributed by atoms with Crippen molar-refractivity contribution >= 4 is 5.97 Å². The summed E-state index contributed by atoms with van der Waals surface area (Å²) in [5.41, 5.74) is 0. The smallest absolute Gasteiger partial charge is 0.332 e. The molecule has 0 aromatic carbocycles. The zero-order chi connectivity index (χ0) is 10.8. The van der Waals surface area contributed by atoms with E-state index < -0.39 is 0 Å². The minimum absolute atomic E-state index is 0.0137. The average molecular weight is 204 g/mol. The van der Waals surface area contributed by atoms with Gasteiger partial charge in [-0.15, -0.1) is 0 Å². The third kappa shape index (κ3) is 9.48. The van der Waals surface area contributed by atoms with Gasteiger partial charge >= 0.3 is 5.97 Å². The summed E-state index contributed by atoms with van der Waals surface area (Å²) in [7, 11) is 0. The van der Waals surface area contributed by atoms with Gasteiger partial charge in [0, 0.05) is 6.61 Å². The molecule has 0 heterocycles. The lowest BCUT2D eigenvalue weighted by Crippen LogP contribution is -2.17. The Morgan fingerprint density at radius 2 is 1.86 bits per heavy atom. The number of rotatable bonds is 8. The quantitative estimate of drug-likeness (QED) is 0.441. The van der Waals surface area contributed by atoms with Gasteiger partial charge in [0.05, 0.1) is 19.8 Å². The first-order valence-corrected chi connectivity index (χ1v) is 4.98. The van der Waals surface area contributed by atoms with Gasteiger partial charge in [0.25, 0.3) is 0 Å². The number of carbonyl (C=O) groups excluding carboxylic acids is 1. The van der Waals surface area contributed by atoms with Crippen LogP contribution in [0.15, 0.2) is 0 Å². The van der Waals surface area contributed by atoms with E-state index in [1.807, 2.05) is 20.8 Å². The Kier molecular flexibility index (Phi) is 8.57. The maximum Gasteiger partial charge on any atom is 0.332 e. The van der Waals surface area contributed by atoms with Crippen molar-refractivity contribution in [1.82, 2.24) is 0 Å². The predicted octanol–water partition coefficient (Wildman–Crippen LogP) is 1.24. The van der Waals surface area contributed by atoms with Crippen LogP contribution >= 0.6 is 0 Å². The first-order valence-electron chi connectivity index (χ1n) is 4.98. The van der Waals surface area contributed by atoms with Crippen molar-refractivity contribution in [1.29, 1.82) is 0 Å². The average Bonchev–Trinajstić information content (AvgIpc) is 2.14. The van der Waals surface area contributed by atoms with E-state index >= 15 is 0 Å². The molecule has 0 aliphatic heterocycles. The standard InChI is InChI=1S/C10H20O4/c1-4-12-5-6-13-8-10(11)14-7-9(2)3/h9H,4-8H2,1-3H3. The molecule has 0 fully saturated rings. The maximum absolute atomic E-state index is 11.0. The molecule has 0 aliphatic rings. The Hall–Kier alpha value is -0.610. The van der Waals surface area contributed by atoms with Crippen LogP contribution in [-0.4, -0.2) is 39.0 Å². The Morgan fingerprint density at radius 1 is 1.21 bits per heavy atom. The van der Waals surface area contributed by atoms with Crippen molar-refractivity contribution in [3.63, 3.8) is 0 Å². The number of carbonyl (C=O) groups is 1. The highest BCUT2D eigenvalue weighted by atomic mass is 16.6. The summed E-state index contributed by atoms with van der Waals surface area (Å²) >= 11 is 0. The summed E-state index contributed by atoms with van der Waals surface area (Å²) in [5.74, 6) is 0.0533. The second kappa shape index (κ2) is 8.97. The minimum atomic E-state index is -0.310. The molecule has 4 heteroatoms. The first-order chi connectivity index (χ1) is 6.66. The molecule has 0 radical (unpaired) electrons. The summed E-state index contributed by atoms with van der Waals surface area (Å²) < 4.78 is 15.0. The number of hydrogen-bond acceptors (Lipinski definition) is 4. The van der Waals surface area contributed by atoms with Crippen LogP contribution in [0.5, 0.6) is 0 Å².